The molecule has 1 aliphatic heterocycles. The topological polar surface area (TPSA) is 85.2 Å². The van der Waals surface area contributed by atoms with Crippen LogP contribution >= 0.6 is 0 Å². The number of nitrogens with two attached hydrogens (primary N) is 2. The first-order valence-corrected chi connectivity index (χ1v) is 6.38. The average molecular weight is 248 g/mol. The van der Waals surface area contributed by atoms with Gasteiger partial charge in [-0.2, -0.15) is 0 Å². The van der Waals surface area contributed by atoms with Gasteiger partial charge in [-0.15, -0.1) is 0 Å². The number of nitrogen functional groups attached to an aromatic ring is 1. The van der Waals surface area contributed by atoms with Crippen molar-refractivity contribution in [2.24, 2.45) is 11.7 Å². The Balaban J connectivity index is 2.22. The summed E-state index contributed by atoms with van der Waals surface area (Å²) in [6.07, 6.45) is 5.06. The third-order valence-corrected chi connectivity index (χ3v) is 3.53. The van der Waals surface area contributed by atoms with E-state index in [0.29, 0.717) is 11.3 Å². The molecule has 0 spiro atoms. The fourth-order valence-electron chi connectivity index (χ4n) is 2.33. The molecule has 0 aliphatic carbocycles. The molecule has 98 valence electrons. The standard InChI is InChI=1S/C13H20N4O/c1-9-3-2-5-17(6-4-9)12-7-10(13(15)18)11(14)8-16-12/h7-9H,2-6,14H2,1H3,(H2,15,18). The van der Waals surface area contributed by atoms with E-state index in [9.17, 15) is 4.79 Å². The zero-order chi connectivity index (χ0) is 13.1. The van der Waals surface area contributed by atoms with E-state index in [1.54, 1.807) is 6.07 Å². The van der Waals surface area contributed by atoms with Crippen molar-refractivity contribution >= 4 is 17.4 Å². The summed E-state index contributed by atoms with van der Waals surface area (Å²) >= 11 is 0. The number of anilines is 2. The molecule has 0 radical (unpaired) electrons. The number of aromatic nitrogens is 1. The molecule has 0 bridgehead atoms. The van der Waals surface area contributed by atoms with Crippen molar-refractivity contribution in [3.8, 4) is 0 Å². The van der Waals surface area contributed by atoms with Crippen LogP contribution in [0.3, 0.4) is 0 Å². The molecule has 1 unspecified atom stereocenters. The number of hydrogen-bond acceptors (Lipinski definition) is 4. The highest BCUT2D eigenvalue weighted by Gasteiger charge is 2.17. The molecule has 5 heteroatoms. The molecule has 2 rings (SSSR count). The summed E-state index contributed by atoms with van der Waals surface area (Å²) in [5.41, 5.74) is 11.7. The second kappa shape index (κ2) is 5.25. The Kier molecular flexibility index (Phi) is 3.69. The Labute approximate surface area is 107 Å². The number of pyridine rings is 1. The van der Waals surface area contributed by atoms with Crippen molar-refractivity contribution < 1.29 is 4.79 Å². The molecule has 1 saturated heterocycles. The molecule has 0 saturated carbocycles. The average Bonchev–Trinajstić information content (AvgIpc) is 2.54. The van der Waals surface area contributed by atoms with Crippen molar-refractivity contribution in [2.45, 2.75) is 26.2 Å². The summed E-state index contributed by atoms with van der Waals surface area (Å²) in [6, 6.07) is 1.70. The molecular weight excluding hydrogens is 228 g/mol. The van der Waals surface area contributed by atoms with Crippen molar-refractivity contribution in [1.82, 2.24) is 4.98 Å². The van der Waals surface area contributed by atoms with E-state index in [1.165, 1.54) is 12.6 Å². The quantitative estimate of drug-likeness (QED) is 0.828. The van der Waals surface area contributed by atoms with Crippen molar-refractivity contribution in [1.29, 1.82) is 0 Å². The molecule has 1 aromatic rings. The van der Waals surface area contributed by atoms with Crippen LogP contribution in [0.5, 0.6) is 0 Å². The van der Waals surface area contributed by atoms with Crippen LogP contribution in [0.25, 0.3) is 0 Å². The SMILES string of the molecule is CC1CCCN(c2cc(C(N)=O)c(N)cn2)CC1. The number of carbonyl (C=O) groups excluding carboxylic acids is 1. The van der Waals surface area contributed by atoms with Crippen LogP contribution in [-0.4, -0.2) is 24.0 Å². The molecule has 2 heterocycles. The molecule has 1 aromatic heterocycles. The maximum Gasteiger partial charge on any atom is 0.250 e. The maximum absolute atomic E-state index is 11.3. The molecule has 1 fully saturated rings. The summed E-state index contributed by atoms with van der Waals surface area (Å²) < 4.78 is 0. The third kappa shape index (κ3) is 2.72. The molecule has 5 nitrogen and oxygen atoms in total. The lowest BCUT2D eigenvalue weighted by Crippen LogP contribution is -2.26. The molecule has 0 aromatic carbocycles. The van der Waals surface area contributed by atoms with Crippen LogP contribution in [-0.2, 0) is 0 Å². The lowest BCUT2D eigenvalue weighted by atomic mass is 10.0. The van der Waals surface area contributed by atoms with Crippen molar-refractivity contribution in [3.63, 3.8) is 0 Å². The smallest absolute Gasteiger partial charge is 0.250 e. The van der Waals surface area contributed by atoms with Gasteiger partial charge in [0.05, 0.1) is 17.4 Å². The van der Waals surface area contributed by atoms with Gasteiger partial charge in [0, 0.05) is 13.1 Å². The van der Waals surface area contributed by atoms with E-state index in [-0.39, 0.29) is 0 Å². The first-order chi connectivity index (χ1) is 8.58. The number of primary amides is 1. The number of carbonyl (C=O) groups is 1. The lowest BCUT2D eigenvalue weighted by molar-refractivity contribution is 0.100. The number of hydrogen-bond donors (Lipinski definition) is 2. The first kappa shape index (κ1) is 12.7. The van der Waals surface area contributed by atoms with Crippen molar-refractivity contribution in [2.75, 3.05) is 23.7 Å². The Hall–Kier alpha value is -1.78. The highest BCUT2D eigenvalue weighted by Crippen LogP contribution is 2.23. The van der Waals surface area contributed by atoms with E-state index >= 15 is 0 Å². The molecular formula is C13H20N4O. The lowest BCUT2D eigenvalue weighted by Gasteiger charge is -2.22. The van der Waals surface area contributed by atoms with Crippen LogP contribution in [0.2, 0.25) is 0 Å². The molecule has 1 amide bonds. The van der Waals surface area contributed by atoms with Gasteiger partial charge in [0.1, 0.15) is 5.82 Å². The van der Waals surface area contributed by atoms with E-state index in [2.05, 4.69) is 16.8 Å². The third-order valence-electron chi connectivity index (χ3n) is 3.53. The number of rotatable bonds is 2. The minimum Gasteiger partial charge on any atom is -0.397 e. The summed E-state index contributed by atoms with van der Waals surface area (Å²) in [7, 11) is 0. The van der Waals surface area contributed by atoms with E-state index < -0.39 is 5.91 Å². The van der Waals surface area contributed by atoms with Crippen LogP contribution in [0, 0.1) is 5.92 Å². The fourth-order valence-corrected chi connectivity index (χ4v) is 2.33. The first-order valence-electron chi connectivity index (χ1n) is 6.38. The largest absolute Gasteiger partial charge is 0.397 e. The minimum atomic E-state index is -0.501. The Morgan fingerprint density at radius 3 is 2.94 bits per heavy atom. The summed E-state index contributed by atoms with van der Waals surface area (Å²) in [5.74, 6) is 1.05. The second-order valence-corrected chi connectivity index (χ2v) is 5.02. The van der Waals surface area contributed by atoms with Gasteiger partial charge in [-0.1, -0.05) is 6.92 Å². The zero-order valence-electron chi connectivity index (χ0n) is 10.7. The highest BCUT2D eigenvalue weighted by molar-refractivity contribution is 5.98. The Morgan fingerprint density at radius 1 is 1.44 bits per heavy atom. The number of amides is 1. The highest BCUT2D eigenvalue weighted by atomic mass is 16.1. The summed E-state index contributed by atoms with van der Waals surface area (Å²) in [5, 5.41) is 0. The van der Waals surface area contributed by atoms with Crippen LogP contribution in [0.1, 0.15) is 36.5 Å². The van der Waals surface area contributed by atoms with E-state index in [4.69, 9.17) is 11.5 Å². The van der Waals surface area contributed by atoms with Gasteiger partial charge in [-0.3, -0.25) is 4.79 Å². The normalized spacial score (nSPS) is 20.5. The summed E-state index contributed by atoms with van der Waals surface area (Å²) in [4.78, 5) is 17.8. The molecule has 4 N–H and O–H groups in total. The van der Waals surface area contributed by atoms with E-state index in [1.807, 2.05) is 0 Å². The van der Waals surface area contributed by atoms with Gasteiger partial charge < -0.3 is 16.4 Å². The van der Waals surface area contributed by atoms with Crippen LogP contribution < -0.4 is 16.4 Å². The van der Waals surface area contributed by atoms with Gasteiger partial charge in [-0.25, -0.2) is 4.98 Å². The van der Waals surface area contributed by atoms with Crippen molar-refractivity contribution in [3.05, 3.63) is 17.8 Å². The molecule has 18 heavy (non-hydrogen) atoms. The van der Waals surface area contributed by atoms with Gasteiger partial charge in [-0.05, 0) is 31.2 Å². The predicted molar refractivity (Wildman–Crippen MR) is 72.4 cm³/mol. The van der Waals surface area contributed by atoms with E-state index in [0.717, 1.165) is 37.7 Å². The fraction of sp³-hybridized carbons (Fsp3) is 0.538. The van der Waals surface area contributed by atoms with Gasteiger partial charge in [0.15, 0.2) is 0 Å². The second-order valence-electron chi connectivity index (χ2n) is 5.02. The van der Waals surface area contributed by atoms with Gasteiger partial charge in [0.25, 0.3) is 5.91 Å². The Bertz CT molecular complexity index is 447. The molecule has 1 atom stereocenters. The van der Waals surface area contributed by atoms with Gasteiger partial charge in [0.2, 0.25) is 0 Å². The number of nitrogens with zero attached hydrogens (tertiary/aromatic N) is 2. The Morgan fingerprint density at radius 2 is 2.22 bits per heavy atom. The minimum absolute atomic E-state index is 0.342. The molecule has 1 aliphatic rings. The van der Waals surface area contributed by atoms with Crippen LogP contribution in [0.4, 0.5) is 11.5 Å². The monoisotopic (exact) mass is 248 g/mol. The maximum atomic E-state index is 11.3. The zero-order valence-corrected chi connectivity index (χ0v) is 10.7. The van der Waals surface area contributed by atoms with Gasteiger partial charge >= 0.3 is 0 Å². The summed E-state index contributed by atoms with van der Waals surface area (Å²) in [6.45, 7) is 4.21. The van der Waals surface area contributed by atoms with Crippen LogP contribution in [0.15, 0.2) is 12.3 Å². The predicted octanol–water partition coefficient (Wildman–Crippen LogP) is 1.39.